The van der Waals surface area contributed by atoms with Crippen molar-refractivity contribution in [3.63, 3.8) is 0 Å². The van der Waals surface area contributed by atoms with Crippen molar-refractivity contribution in [1.82, 2.24) is 15.0 Å². The molecule has 0 spiro atoms. The lowest BCUT2D eigenvalue weighted by Crippen LogP contribution is -1.99. The number of aromatic nitrogens is 3. The monoisotopic (exact) mass is 372 g/mol. The Hall–Kier alpha value is -3.67. The Morgan fingerprint density at radius 2 is 2.07 bits per heavy atom. The van der Waals surface area contributed by atoms with Gasteiger partial charge in [-0.25, -0.2) is 4.98 Å². The highest BCUT2D eigenvalue weighted by Crippen LogP contribution is 2.26. The van der Waals surface area contributed by atoms with Gasteiger partial charge in [-0.3, -0.25) is 0 Å². The van der Waals surface area contributed by atoms with Crippen LogP contribution in [0.4, 0.5) is 11.6 Å². The molecule has 0 saturated carbocycles. The molecule has 2 heterocycles. The summed E-state index contributed by atoms with van der Waals surface area (Å²) in [7, 11) is 0. The van der Waals surface area contributed by atoms with Crippen LogP contribution in [0.5, 0.6) is 11.6 Å². The molecule has 0 atom stereocenters. The van der Waals surface area contributed by atoms with Gasteiger partial charge in [0.2, 0.25) is 11.8 Å². The quantitative estimate of drug-likeness (QED) is 0.450. The summed E-state index contributed by atoms with van der Waals surface area (Å²) in [4.78, 5) is 22.5. The van der Waals surface area contributed by atoms with Crippen molar-refractivity contribution in [2.45, 2.75) is 19.8 Å². The normalized spacial score (nSPS) is 10.8. The number of hydrogen-bond donors (Lipinski definition) is 2. The molecule has 0 aliphatic carbocycles. The van der Waals surface area contributed by atoms with Crippen molar-refractivity contribution in [2.24, 2.45) is 0 Å². The molecule has 0 aliphatic rings. The number of carbonyl (C=O) groups excluding carboxylic acids is 1. The summed E-state index contributed by atoms with van der Waals surface area (Å²) in [5.41, 5.74) is 4.13. The number of anilines is 2. The van der Waals surface area contributed by atoms with Gasteiger partial charge in [0.1, 0.15) is 12.0 Å². The van der Waals surface area contributed by atoms with Gasteiger partial charge in [0, 0.05) is 41.0 Å². The van der Waals surface area contributed by atoms with Crippen molar-refractivity contribution in [3.05, 3.63) is 72.1 Å². The topological polar surface area (TPSA) is 79.9 Å². The van der Waals surface area contributed by atoms with Crippen LogP contribution in [0.1, 0.15) is 17.7 Å². The van der Waals surface area contributed by atoms with Gasteiger partial charge in [0.05, 0.1) is 0 Å². The predicted octanol–water partition coefficient (Wildman–Crippen LogP) is 4.93. The summed E-state index contributed by atoms with van der Waals surface area (Å²) in [6.45, 7) is 2.02. The Labute approximate surface area is 162 Å². The number of benzene rings is 2. The summed E-state index contributed by atoms with van der Waals surface area (Å²) in [6.07, 6.45) is 3.80. The van der Waals surface area contributed by atoms with E-state index in [-0.39, 0.29) is 0 Å². The number of rotatable bonds is 7. The molecular formula is C22H20N4O2. The van der Waals surface area contributed by atoms with Crippen LogP contribution in [0.25, 0.3) is 10.9 Å². The fourth-order valence-electron chi connectivity index (χ4n) is 3.06. The van der Waals surface area contributed by atoms with E-state index in [0.29, 0.717) is 30.4 Å². The summed E-state index contributed by atoms with van der Waals surface area (Å²) in [5.74, 6) is 1.62. The standard InChI is InChI=1S/C22H20N4O2/c1-15-12-17-14-19(7-8-20(17)24-15)28-21-9-10-23-22(26-21)25-18-6-2-4-16(13-18)5-3-11-27/h2,4,6-14,24H,3,5H2,1H3,(H,23,25,26). The number of H-pyrrole nitrogens is 1. The van der Waals surface area contributed by atoms with Crippen LogP contribution < -0.4 is 10.1 Å². The molecule has 0 fully saturated rings. The van der Waals surface area contributed by atoms with Crippen molar-refractivity contribution >= 4 is 28.8 Å². The van der Waals surface area contributed by atoms with Gasteiger partial charge in [-0.2, -0.15) is 4.98 Å². The second-order valence-electron chi connectivity index (χ2n) is 6.55. The molecule has 0 bridgehead atoms. The van der Waals surface area contributed by atoms with E-state index in [1.807, 2.05) is 49.4 Å². The molecule has 0 aliphatic heterocycles. The summed E-state index contributed by atoms with van der Waals surface area (Å²) >= 11 is 0. The fraction of sp³-hybridized carbons (Fsp3) is 0.136. The van der Waals surface area contributed by atoms with Gasteiger partial charge in [0.15, 0.2) is 0 Å². The van der Waals surface area contributed by atoms with Crippen molar-refractivity contribution in [2.75, 3.05) is 5.32 Å². The van der Waals surface area contributed by atoms with Gasteiger partial charge in [-0.1, -0.05) is 12.1 Å². The zero-order valence-electron chi connectivity index (χ0n) is 15.5. The minimum absolute atomic E-state index is 0.448. The van der Waals surface area contributed by atoms with Crippen LogP contribution in [-0.2, 0) is 11.2 Å². The molecule has 4 rings (SSSR count). The second-order valence-corrected chi connectivity index (χ2v) is 6.55. The number of aryl methyl sites for hydroxylation is 2. The van der Waals surface area contributed by atoms with E-state index in [1.54, 1.807) is 12.3 Å². The van der Waals surface area contributed by atoms with Crippen LogP contribution in [0.15, 0.2) is 60.8 Å². The largest absolute Gasteiger partial charge is 0.439 e. The van der Waals surface area contributed by atoms with Gasteiger partial charge in [-0.05, 0) is 55.3 Å². The summed E-state index contributed by atoms with van der Waals surface area (Å²) in [6, 6.07) is 17.5. The van der Waals surface area contributed by atoms with Gasteiger partial charge in [-0.15, -0.1) is 0 Å². The first-order chi connectivity index (χ1) is 13.7. The average Bonchev–Trinajstić information content (AvgIpc) is 3.06. The number of aromatic amines is 1. The molecular weight excluding hydrogens is 352 g/mol. The first-order valence-electron chi connectivity index (χ1n) is 9.09. The molecule has 28 heavy (non-hydrogen) atoms. The minimum atomic E-state index is 0.448. The average molecular weight is 372 g/mol. The van der Waals surface area contributed by atoms with Crippen molar-refractivity contribution < 1.29 is 9.53 Å². The van der Waals surface area contributed by atoms with E-state index in [0.717, 1.165) is 34.1 Å². The second kappa shape index (κ2) is 7.92. The van der Waals surface area contributed by atoms with Crippen LogP contribution in [0, 0.1) is 6.92 Å². The maximum Gasteiger partial charge on any atom is 0.230 e. The highest BCUT2D eigenvalue weighted by atomic mass is 16.5. The minimum Gasteiger partial charge on any atom is -0.439 e. The molecule has 2 aromatic heterocycles. The van der Waals surface area contributed by atoms with E-state index in [9.17, 15) is 4.79 Å². The highest BCUT2D eigenvalue weighted by Gasteiger charge is 2.05. The Kier molecular flexibility index (Phi) is 5.01. The predicted molar refractivity (Wildman–Crippen MR) is 109 cm³/mol. The number of nitrogens with zero attached hydrogens (tertiary/aromatic N) is 2. The van der Waals surface area contributed by atoms with Crippen molar-refractivity contribution in [3.8, 4) is 11.6 Å². The molecule has 0 saturated heterocycles. The smallest absolute Gasteiger partial charge is 0.230 e. The lowest BCUT2D eigenvalue weighted by atomic mass is 10.1. The summed E-state index contributed by atoms with van der Waals surface area (Å²) in [5, 5.41) is 4.28. The van der Waals surface area contributed by atoms with E-state index in [4.69, 9.17) is 4.74 Å². The number of ether oxygens (including phenoxy) is 1. The third-order valence-electron chi connectivity index (χ3n) is 4.31. The van der Waals surface area contributed by atoms with E-state index < -0.39 is 0 Å². The van der Waals surface area contributed by atoms with E-state index >= 15 is 0 Å². The zero-order valence-corrected chi connectivity index (χ0v) is 15.5. The number of nitrogens with one attached hydrogen (secondary N) is 2. The van der Waals surface area contributed by atoms with Crippen LogP contribution >= 0.6 is 0 Å². The van der Waals surface area contributed by atoms with E-state index in [1.165, 1.54) is 0 Å². The maximum absolute atomic E-state index is 10.6. The number of fused-ring (bicyclic) bond motifs is 1. The lowest BCUT2D eigenvalue weighted by molar-refractivity contribution is -0.107. The highest BCUT2D eigenvalue weighted by molar-refractivity contribution is 5.81. The SMILES string of the molecule is Cc1cc2cc(Oc3ccnc(Nc4cccc(CCC=O)c4)n3)ccc2[nH]1. The van der Waals surface area contributed by atoms with Gasteiger partial charge < -0.3 is 19.8 Å². The molecule has 0 unspecified atom stereocenters. The number of hydrogen-bond acceptors (Lipinski definition) is 5. The Morgan fingerprint density at radius 3 is 2.96 bits per heavy atom. The Balaban J connectivity index is 1.50. The first-order valence-corrected chi connectivity index (χ1v) is 9.09. The lowest BCUT2D eigenvalue weighted by Gasteiger charge is -2.09. The number of carbonyl (C=O) groups is 1. The maximum atomic E-state index is 10.6. The molecule has 0 radical (unpaired) electrons. The third-order valence-corrected chi connectivity index (χ3v) is 4.31. The van der Waals surface area contributed by atoms with E-state index in [2.05, 4.69) is 26.3 Å². The third kappa shape index (κ3) is 4.17. The van der Waals surface area contributed by atoms with Gasteiger partial charge in [0.25, 0.3) is 0 Å². The summed E-state index contributed by atoms with van der Waals surface area (Å²) < 4.78 is 5.91. The fourth-order valence-corrected chi connectivity index (χ4v) is 3.06. The molecule has 2 aromatic carbocycles. The zero-order chi connectivity index (χ0) is 19.3. The molecule has 6 nitrogen and oxygen atoms in total. The Morgan fingerprint density at radius 1 is 1.14 bits per heavy atom. The van der Waals surface area contributed by atoms with Crippen molar-refractivity contribution in [1.29, 1.82) is 0 Å². The molecule has 0 amide bonds. The molecule has 4 aromatic rings. The molecule has 6 heteroatoms. The molecule has 140 valence electrons. The first kappa shape index (κ1) is 17.7. The molecule has 2 N–H and O–H groups in total. The number of aldehydes is 1. The van der Waals surface area contributed by atoms with Crippen LogP contribution in [-0.4, -0.2) is 21.2 Å². The Bertz CT molecular complexity index is 1120. The van der Waals surface area contributed by atoms with Crippen LogP contribution in [0.3, 0.4) is 0 Å². The van der Waals surface area contributed by atoms with Crippen LogP contribution in [0.2, 0.25) is 0 Å². The van der Waals surface area contributed by atoms with Gasteiger partial charge >= 0.3 is 0 Å².